The number of nitrogens with zero attached hydrogens (tertiary/aromatic N) is 2. The van der Waals surface area contributed by atoms with Gasteiger partial charge >= 0.3 is 11.9 Å². The number of rotatable bonds is 8. The van der Waals surface area contributed by atoms with Crippen LogP contribution >= 0.6 is 0 Å². The minimum Gasteiger partial charge on any atom is -0.452 e. The van der Waals surface area contributed by atoms with Crippen LogP contribution in [0.3, 0.4) is 0 Å². The summed E-state index contributed by atoms with van der Waals surface area (Å²) in [5.41, 5.74) is 0. The van der Waals surface area contributed by atoms with Gasteiger partial charge in [0.15, 0.2) is 0 Å². The van der Waals surface area contributed by atoms with E-state index in [9.17, 15) is 9.59 Å². The topological polar surface area (TPSA) is 49.9 Å². The highest BCUT2D eigenvalue weighted by molar-refractivity contribution is 6.32. The first-order chi connectivity index (χ1) is 9.83. The largest absolute Gasteiger partial charge is 0.452 e. The van der Waals surface area contributed by atoms with Crippen molar-refractivity contribution < 1.29 is 14.3 Å². The van der Waals surface area contributed by atoms with Gasteiger partial charge in [0.05, 0.1) is 6.54 Å². The summed E-state index contributed by atoms with van der Waals surface area (Å²) in [5.74, 6) is -0.0612. The van der Waals surface area contributed by atoms with Crippen LogP contribution in [0.4, 0.5) is 0 Å². The summed E-state index contributed by atoms with van der Waals surface area (Å²) in [6, 6.07) is 0. The van der Waals surface area contributed by atoms with E-state index in [0.717, 1.165) is 19.5 Å². The molecule has 1 aliphatic rings. The number of morpholine rings is 1. The van der Waals surface area contributed by atoms with E-state index in [2.05, 4.69) is 32.6 Å². The molecule has 5 nitrogen and oxygen atoms in total. The molecule has 1 atom stereocenters. The molecule has 0 bridgehead atoms. The molecule has 0 radical (unpaired) electrons. The quantitative estimate of drug-likeness (QED) is 0.506. The zero-order valence-corrected chi connectivity index (χ0v) is 14.1. The molecule has 0 saturated carbocycles. The summed E-state index contributed by atoms with van der Waals surface area (Å²) in [6.07, 6.45) is 0.646. The highest BCUT2D eigenvalue weighted by Gasteiger charge is 2.34. The summed E-state index contributed by atoms with van der Waals surface area (Å²) in [7, 11) is 0. The molecule has 0 N–H and O–H groups in total. The maximum absolute atomic E-state index is 11.7. The summed E-state index contributed by atoms with van der Waals surface area (Å²) < 4.78 is 5.30. The highest BCUT2D eigenvalue weighted by atomic mass is 16.6. The standard InChI is InChI=1S/C16H30N2O3/c1-6-7-18-11-14(21-16(20)15(18)19)10-17(8-12(2)3)9-13(4)5/h12-14H,6-11H2,1-5H3. The molecule has 122 valence electrons. The van der Waals surface area contributed by atoms with Crippen molar-refractivity contribution in [3.8, 4) is 0 Å². The van der Waals surface area contributed by atoms with Gasteiger partial charge in [-0.3, -0.25) is 9.69 Å². The van der Waals surface area contributed by atoms with Crippen LogP contribution in [0.15, 0.2) is 0 Å². The van der Waals surface area contributed by atoms with Crippen molar-refractivity contribution in [1.82, 2.24) is 9.80 Å². The molecule has 1 rings (SSSR count). The van der Waals surface area contributed by atoms with E-state index < -0.39 is 11.9 Å². The Morgan fingerprint density at radius 1 is 1.19 bits per heavy atom. The van der Waals surface area contributed by atoms with E-state index >= 15 is 0 Å². The molecular formula is C16H30N2O3. The fourth-order valence-electron chi connectivity index (χ4n) is 2.80. The van der Waals surface area contributed by atoms with Gasteiger partial charge in [-0.15, -0.1) is 0 Å². The molecule has 0 spiro atoms. The average Bonchev–Trinajstić information content (AvgIpc) is 2.33. The average molecular weight is 298 g/mol. The first-order valence-corrected chi connectivity index (χ1v) is 8.05. The molecule has 21 heavy (non-hydrogen) atoms. The summed E-state index contributed by atoms with van der Waals surface area (Å²) >= 11 is 0. The molecular weight excluding hydrogens is 268 g/mol. The van der Waals surface area contributed by atoms with Crippen molar-refractivity contribution in [2.75, 3.05) is 32.7 Å². The van der Waals surface area contributed by atoms with E-state index in [-0.39, 0.29) is 6.10 Å². The number of hydrogen-bond acceptors (Lipinski definition) is 4. The third-order valence-corrected chi connectivity index (χ3v) is 3.36. The summed E-state index contributed by atoms with van der Waals surface area (Å²) in [5, 5.41) is 0. The number of hydrogen-bond donors (Lipinski definition) is 0. The number of ether oxygens (including phenoxy) is 1. The second-order valence-electron chi connectivity index (χ2n) is 6.78. The molecule has 1 saturated heterocycles. The third kappa shape index (κ3) is 6.04. The molecule has 5 heteroatoms. The number of cyclic esters (lactones) is 1. The predicted octanol–water partition coefficient (Wildman–Crippen LogP) is 1.76. The Bertz CT molecular complexity index is 345. The van der Waals surface area contributed by atoms with Gasteiger partial charge in [0.25, 0.3) is 0 Å². The Morgan fingerprint density at radius 2 is 1.76 bits per heavy atom. The second-order valence-corrected chi connectivity index (χ2v) is 6.78. The molecule has 0 aliphatic carbocycles. The van der Waals surface area contributed by atoms with Crippen molar-refractivity contribution in [2.45, 2.75) is 47.1 Å². The van der Waals surface area contributed by atoms with Crippen LogP contribution in [0, 0.1) is 11.8 Å². The van der Waals surface area contributed by atoms with E-state index in [4.69, 9.17) is 4.74 Å². The molecule has 1 fully saturated rings. The first-order valence-electron chi connectivity index (χ1n) is 8.05. The van der Waals surface area contributed by atoms with Crippen molar-refractivity contribution >= 4 is 11.9 Å². The van der Waals surface area contributed by atoms with Gasteiger partial charge in [0.2, 0.25) is 0 Å². The maximum atomic E-state index is 11.7. The fraction of sp³-hybridized carbons (Fsp3) is 0.875. The second kappa shape index (κ2) is 8.37. The normalized spacial score (nSPS) is 19.8. The zero-order chi connectivity index (χ0) is 16.0. The molecule has 0 aromatic rings. The zero-order valence-electron chi connectivity index (χ0n) is 14.1. The van der Waals surface area contributed by atoms with Crippen molar-refractivity contribution in [3.05, 3.63) is 0 Å². The van der Waals surface area contributed by atoms with Gasteiger partial charge in [-0.25, -0.2) is 4.79 Å². The smallest absolute Gasteiger partial charge is 0.397 e. The van der Waals surface area contributed by atoms with Crippen LogP contribution in [0.25, 0.3) is 0 Å². The SMILES string of the molecule is CCCN1CC(CN(CC(C)C)CC(C)C)OC(=O)C1=O. The Labute approximate surface area is 128 Å². The minimum absolute atomic E-state index is 0.209. The van der Waals surface area contributed by atoms with Crippen LogP contribution in [-0.2, 0) is 14.3 Å². The van der Waals surface area contributed by atoms with Gasteiger partial charge in [0.1, 0.15) is 6.10 Å². The van der Waals surface area contributed by atoms with Crippen LogP contribution in [0.5, 0.6) is 0 Å². The molecule has 1 unspecified atom stereocenters. The minimum atomic E-state index is -0.700. The van der Waals surface area contributed by atoms with E-state index in [1.807, 2.05) is 6.92 Å². The lowest BCUT2D eigenvalue weighted by molar-refractivity contribution is -0.173. The Hall–Kier alpha value is -1.10. The lowest BCUT2D eigenvalue weighted by Gasteiger charge is -2.35. The van der Waals surface area contributed by atoms with Crippen molar-refractivity contribution in [2.24, 2.45) is 11.8 Å². The number of carbonyl (C=O) groups is 2. The van der Waals surface area contributed by atoms with Gasteiger partial charge in [-0.2, -0.15) is 0 Å². The summed E-state index contributed by atoms with van der Waals surface area (Å²) in [4.78, 5) is 27.4. The number of carbonyl (C=O) groups excluding carboxylic acids is 2. The van der Waals surface area contributed by atoms with Gasteiger partial charge in [-0.1, -0.05) is 34.6 Å². The lowest BCUT2D eigenvalue weighted by Crippen LogP contribution is -2.53. The van der Waals surface area contributed by atoms with E-state index in [1.165, 1.54) is 0 Å². The third-order valence-electron chi connectivity index (χ3n) is 3.36. The number of esters is 1. The molecule has 0 aromatic carbocycles. The number of amides is 1. The monoisotopic (exact) mass is 298 g/mol. The lowest BCUT2D eigenvalue weighted by atomic mass is 10.1. The van der Waals surface area contributed by atoms with Crippen molar-refractivity contribution in [1.29, 1.82) is 0 Å². The highest BCUT2D eigenvalue weighted by Crippen LogP contribution is 2.12. The van der Waals surface area contributed by atoms with Crippen LogP contribution in [-0.4, -0.2) is 60.5 Å². The van der Waals surface area contributed by atoms with Gasteiger partial charge in [0, 0.05) is 26.2 Å². The Balaban J connectivity index is 2.64. The molecule has 1 aliphatic heterocycles. The first kappa shape index (κ1) is 18.0. The van der Waals surface area contributed by atoms with Crippen LogP contribution in [0.1, 0.15) is 41.0 Å². The Kier molecular flexibility index (Phi) is 7.15. The van der Waals surface area contributed by atoms with E-state index in [1.54, 1.807) is 4.90 Å². The van der Waals surface area contributed by atoms with Gasteiger partial charge in [-0.05, 0) is 18.3 Å². The molecule has 1 amide bonds. The maximum Gasteiger partial charge on any atom is 0.397 e. The van der Waals surface area contributed by atoms with Crippen molar-refractivity contribution in [3.63, 3.8) is 0 Å². The van der Waals surface area contributed by atoms with Crippen LogP contribution in [0.2, 0.25) is 0 Å². The van der Waals surface area contributed by atoms with Crippen LogP contribution < -0.4 is 0 Å². The molecule has 0 aromatic heterocycles. The molecule has 1 heterocycles. The Morgan fingerprint density at radius 3 is 2.24 bits per heavy atom. The van der Waals surface area contributed by atoms with E-state index in [0.29, 0.717) is 31.5 Å². The summed E-state index contributed by atoms with van der Waals surface area (Å²) in [6.45, 7) is 14.6. The van der Waals surface area contributed by atoms with Gasteiger partial charge < -0.3 is 9.64 Å². The fourth-order valence-corrected chi connectivity index (χ4v) is 2.80. The predicted molar refractivity (Wildman–Crippen MR) is 82.9 cm³/mol.